The zero-order valence-corrected chi connectivity index (χ0v) is 11.0. The number of nitrogens with one attached hydrogen (secondary N) is 1. The van der Waals surface area contributed by atoms with Gasteiger partial charge in [0.1, 0.15) is 0 Å². The largest absolute Gasteiger partial charge is 0.504 e. The molecule has 1 atom stereocenters. The molecule has 17 heavy (non-hydrogen) atoms. The normalized spacial score (nSPS) is 19.6. The number of hydrogen-bond donors (Lipinski definition) is 2. The summed E-state index contributed by atoms with van der Waals surface area (Å²) in [6.45, 7) is 3.05. The Morgan fingerprint density at radius 2 is 2.35 bits per heavy atom. The van der Waals surface area contributed by atoms with Crippen LogP contribution >= 0.6 is 11.6 Å². The second-order valence-corrected chi connectivity index (χ2v) is 4.91. The average molecular weight is 256 g/mol. The maximum atomic E-state index is 9.73. The third-order valence-corrected chi connectivity index (χ3v) is 3.74. The highest BCUT2D eigenvalue weighted by atomic mass is 35.5. The fourth-order valence-electron chi connectivity index (χ4n) is 2.40. The Kier molecular flexibility index (Phi) is 3.79. The molecule has 0 radical (unpaired) electrons. The molecule has 0 saturated carbocycles. The van der Waals surface area contributed by atoms with Crippen LogP contribution in [0.25, 0.3) is 0 Å². The standard InChI is InChI=1S/C13H18ClNO2/c1-8-6-11(16)13(17-2)12(14)10(8)7-9-4-3-5-15-9/h6,9,15-16H,3-5,7H2,1-2H3. The topological polar surface area (TPSA) is 41.5 Å². The smallest absolute Gasteiger partial charge is 0.179 e. The van der Waals surface area contributed by atoms with Gasteiger partial charge in [0.2, 0.25) is 0 Å². The lowest BCUT2D eigenvalue weighted by Gasteiger charge is -2.17. The SMILES string of the molecule is COc1c(O)cc(C)c(CC2CCCN2)c1Cl. The first-order valence-corrected chi connectivity index (χ1v) is 6.29. The fraction of sp³-hybridized carbons (Fsp3) is 0.538. The number of halogens is 1. The zero-order valence-electron chi connectivity index (χ0n) is 10.2. The summed E-state index contributed by atoms with van der Waals surface area (Å²) in [5, 5.41) is 13.7. The van der Waals surface area contributed by atoms with Gasteiger partial charge < -0.3 is 15.2 Å². The van der Waals surface area contributed by atoms with E-state index in [0.29, 0.717) is 16.8 Å². The number of aryl methyl sites for hydroxylation is 1. The number of benzene rings is 1. The van der Waals surface area contributed by atoms with Crippen molar-refractivity contribution in [3.8, 4) is 11.5 Å². The molecule has 3 nitrogen and oxygen atoms in total. The summed E-state index contributed by atoms with van der Waals surface area (Å²) in [6, 6.07) is 2.20. The Labute approximate surface area is 107 Å². The van der Waals surface area contributed by atoms with Crippen molar-refractivity contribution in [1.82, 2.24) is 5.32 Å². The van der Waals surface area contributed by atoms with Gasteiger partial charge in [-0.3, -0.25) is 0 Å². The molecule has 1 aliphatic heterocycles. The van der Waals surface area contributed by atoms with Gasteiger partial charge in [-0.2, -0.15) is 0 Å². The highest BCUT2D eigenvalue weighted by Gasteiger charge is 2.20. The van der Waals surface area contributed by atoms with Crippen molar-refractivity contribution in [3.05, 3.63) is 22.2 Å². The van der Waals surface area contributed by atoms with Gasteiger partial charge in [0.15, 0.2) is 11.5 Å². The van der Waals surface area contributed by atoms with E-state index in [0.717, 1.165) is 24.1 Å². The van der Waals surface area contributed by atoms with E-state index >= 15 is 0 Å². The minimum atomic E-state index is 0.109. The minimum absolute atomic E-state index is 0.109. The Morgan fingerprint density at radius 3 is 2.94 bits per heavy atom. The molecule has 0 amide bonds. The summed E-state index contributed by atoms with van der Waals surface area (Å²) in [4.78, 5) is 0. The van der Waals surface area contributed by atoms with Crippen molar-refractivity contribution in [2.75, 3.05) is 13.7 Å². The van der Waals surface area contributed by atoms with E-state index in [1.807, 2.05) is 6.92 Å². The number of phenolic OH excluding ortho intramolecular Hbond substituents is 1. The van der Waals surface area contributed by atoms with Crippen LogP contribution in [0.5, 0.6) is 11.5 Å². The van der Waals surface area contributed by atoms with Crippen molar-refractivity contribution in [2.24, 2.45) is 0 Å². The molecule has 4 heteroatoms. The molecular formula is C13H18ClNO2. The van der Waals surface area contributed by atoms with Crippen LogP contribution in [-0.2, 0) is 6.42 Å². The molecule has 94 valence electrons. The average Bonchev–Trinajstić information content (AvgIpc) is 2.77. The van der Waals surface area contributed by atoms with Crippen LogP contribution < -0.4 is 10.1 Å². The molecule has 2 N–H and O–H groups in total. The molecule has 1 aliphatic rings. The lowest BCUT2D eigenvalue weighted by Crippen LogP contribution is -2.24. The molecule has 0 aliphatic carbocycles. The Morgan fingerprint density at radius 1 is 1.59 bits per heavy atom. The molecule has 0 spiro atoms. The van der Waals surface area contributed by atoms with E-state index in [4.69, 9.17) is 16.3 Å². The van der Waals surface area contributed by atoms with E-state index < -0.39 is 0 Å². The molecule has 1 aromatic carbocycles. The second kappa shape index (κ2) is 5.15. The van der Waals surface area contributed by atoms with Crippen molar-refractivity contribution in [3.63, 3.8) is 0 Å². The van der Waals surface area contributed by atoms with Gasteiger partial charge in [-0.25, -0.2) is 0 Å². The van der Waals surface area contributed by atoms with Gasteiger partial charge in [-0.05, 0) is 49.9 Å². The number of hydrogen-bond acceptors (Lipinski definition) is 3. The first-order chi connectivity index (χ1) is 8.13. The molecule has 1 fully saturated rings. The zero-order chi connectivity index (χ0) is 12.4. The Hall–Kier alpha value is -0.930. The van der Waals surface area contributed by atoms with E-state index in [2.05, 4.69) is 5.32 Å². The van der Waals surface area contributed by atoms with Crippen LogP contribution in [0.2, 0.25) is 5.02 Å². The summed E-state index contributed by atoms with van der Waals surface area (Å²) in [5.41, 5.74) is 2.09. The monoisotopic (exact) mass is 255 g/mol. The number of methoxy groups -OCH3 is 1. The first kappa shape index (κ1) is 12.5. The van der Waals surface area contributed by atoms with Crippen LogP contribution in [0.15, 0.2) is 6.07 Å². The van der Waals surface area contributed by atoms with Gasteiger partial charge in [-0.15, -0.1) is 0 Å². The predicted octanol–water partition coefficient (Wildman–Crippen LogP) is 2.66. The van der Waals surface area contributed by atoms with Crippen molar-refractivity contribution >= 4 is 11.6 Å². The molecular weight excluding hydrogens is 238 g/mol. The summed E-state index contributed by atoms with van der Waals surface area (Å²) in [7, 11) is 1.52. The lowest BCUT2D eigenvalue weighted by atomic mass is 9.99. The summed E-state index contributed by atoms with van der Waals surface area (Å²) >= 11 is 6.29. The van der Waals surface area contributed by atoms with Gasteiger partial charge in [-0.1, -0.05) is 11.6 Å². The van der Waals surface area contributed by atoms with Gasteiger partial charge in [0.25, 0.3) is 0 Å². The van der Waals surface area contributed by atoms with Crippen molar-refractivity contribution in [1.29, 1.82) is 0 Å². The highest BCUT2D eigenvalue weighted by molar-refractivity contribution is 6.33. The minimum Gasteiger partial charge on any atom is -0.504 e. The molecule has 1 saturated heterocycles. The quantitative estimate of drug-likeness (QED) is 0.873. The van der Waals surface area contributed by atoms with Crippen LogP contribution in [0, 0.1) is 6.92 Å². The van der Waals surface area contributed by atoms with Gasteiger partial charge in [0.05, 0.1) is 12.1 Å². The fourth-order valence-corrected chi connectivity index (χ4v) is 2.80. The molecule has 0 bridgehead atoms. The summed E-state index contributed by atoms with van der Waals surface area (Å²) in [5.74, 6) is 0.489. The summed E-state index contributed by atoms with van der Waals surface area (Å²) in [6.07, 6.45) is 3.29. The number of rotatable bonds is 3. The maximum Gasteiger partial charge on any atom is 0.179 e. The van der Waals surface area contributed by atoms with Crippen LogP contribution in [0.1, 0.15) is 24.0 Å². The number of ether oxygens (including phenoxy) is 1. The summed E-state index contributed by atoms with van der Waals surface area (Å²) < 4.78 is 5.13. The van der Waals surface area contributed by atoms with Crippen LogP contribution in [0.4, 0.5) is 0 Å². The van der Waals surface area contributed by atoms with Crippen LogP contribution in [-0.4, -0.2) is 24.8 Å². The van der Waals surface area contributed by atoms with Gasteiger partial charge in [0, 0.05) is 6.04 Å². The van der Waals surface area contributed by atoms with Gasteiger partial charge >= 0.3 is 0 Å². The molecule has 0 aromatic heterocycles. The Balaban J connectivity index is 2.31. The first-order valence-electron chi connectivity index (χ1n) is 5.91. The lowest BCUT2D eigenvalue weighted by molar-refractivity contribution is 0.372. The van der Waals surface area contributed by atoms with E-state index in [-0.39, 0.29) is 5.75 Å². The second-order valence-electron chi connectivity index (χ2n) is 4.54. The van der Waals surface area contributed by atoms with E-state index in [1.54, 1.807) is 6.07 Å². The number of phenols is 1. The molecule has 1 heterocycles. The van der Waals surface area contributed by atoms with E-state index in [9.17, 15) is 5.11 Å². The molecule has 1 aromatic rings. The Bertz CT molecular complexity index is 414. The predicted molar refractivity (Wildman–Crippen MR) is 69.1 cm³/mol. The third kappa shape index (κ3) is 2.50. The maximum absolute atomic E-state index is 9.73. The molecule has 1 unspecified atom stereocenters. The van der Waals surface area contributed by atoms with Crippen LogP contribution in [0.3, 0.4) is 0 Å². The number of aromatic hydroxyl groups is 1. The molecule has 2 rings (SSSR count). The highest BCUT2D eigenvalue weighted by Crippen LogP contribution is 2.39. The third-order valence-electron chi connectivity index (χ3n) is 3.34. The van der Waals surface area contributed by atoms with Crippen molar-refractivity contribution < 1.29 is 9.84 Å². The van der Waals surface area contributed by atoms with Crippen molar-refractivity contribution in [2.45, 2.75) is 32.2 Å². The van der Waals surface area contributed by atoms with E-state index in [1.165, 1.54) is 20.0 Å².